The zero-order valence-electron chi connectivity index (χ0n) is 28.7. The summed E-state index contributed by atoms with van der Waals surface area (Å²) < 4.78 is 11.5. The van der Waals surface area contributed by atoms with Crippen molar-refractivity contribution in [3.05, 3.63) is 59.5 Å². The molecule has 49 heavy (non-hydrogen) atoms. The Morgan fingerprint density at radius 1 is 1.06 bits per heavy atom. The number of benzene rings is 2. The maximum atomic E-state index is 13.8. The largest absolute Gasteiger partial charge is 0.487 e. The van der Waals surface area contributed by atoms with Gasteiger partial charge in [0.2, 0.25) is 11.8 Å². The zero-order valence-corrected chi connectivity index (χ0v) is 28.7. The van der Waals surface area contributed by atoms with E-state index in [-0.39, 0.29) is 61.4 Å². The molecule has 0 saturated carbocycles. The van der Waals surface area contributed by atoms with E-state index < -0.39 is 12.1 Å². The number of urea groups is 1. The van der Waals surface area contributed by atoms with Gasteiger partial charge in [-0.05, 0) is 63.9 Å². The van der Waals surface area contributed by atoms with Gasteiger partial charge in [0.25, 0.3) is 5.91 Å². The van der Waals surface area contributed by atoms with Gasteiger partial charge in [0.15, 0.2) is 5.76 Å². The summed E-state index contributed by atoms with van der Waals surface area (Å²) in [7, 11) is 1.65. The number of aromatic nitrogens is 1. The number of carbonyl (C=O) groups is 4. The molecule has 5 amide bonds. The van der Waals surface area contributed by atoms with Gasteiger partial charge in [0.1, 0.15) is 23.2 Å². The van der Waals surface area contributed by atoms with Gasteiger partial charge in [0, 0.05) is 38.0 Å². The first-order chi connectivity index (χ1) is 23.4. The van der Waals surface area contributed by atoms with E-state index in [0.717, 1.165) is 0 Å². The molecule has 0 spiro atoms. The molecule has 0 bridgehead atoms. The number of amides is 5. The molecule has 0 aliphatic carbocycles. The predicted octanol–water partition coefficient (Wildman–Crippen LogP) is 4.79. The summed E-state index contributed by atoms with van der Waals surface area (Å²) in [5.74, 6) is -0.0967. The van der Waals surface area contributed by atoms with E-state index in [0.29, 0.717) is 65.6 Å². The minimum atomic E-state index is -0.506. The lowest BCUT2D eigenvalue weighted by Gasteiger charge is -2.38. The summed E-state index contributed by atoms with van der Waals surface area (Å²) in [5.41, 5.74) is 8.70. The van der Waals surface area contributed by atoms with Crippen molar-refractivity contribution in [3.8, 4) is 5.75 Å². The van der Waals surface area contributed by atoms with Crippen LogP contribution in [0.1, 0.15) is 67.8 Å². The van der Waals surface area contributed by atoms with Crippen molar-refractivity contribution in [1.29, 1.82) is 0 Å². The smallest absolute Gasteiger partial charge is 0.321 e. The molecule has 14 nitrogen and oxygen atoms in total. The molecule has 264 valence electrons. The fourth-order valence-electron chi connectivity index (χ4n) is 5.53. The SMILES string of the molecule is Cc1noc(C)c1NC(=O)N(C)C[C@H]1Oc2ccc(NC(=O)CCCCCC(=O)Nc3ccccc3N)cc2C(=O)N([C@@H](C)CO)C[C@H]1C. The monoisotopic (exact) mass is 677 g/mol. The highest BCUT2D eigenvalue weighted by molar-refractivity contribution is 6.00. The highest BCUT2D eigenvalue weighted by Gasteiger charge is 2.34. The van der Waals surface area contributed by atoms with E-state index in [4.69, 9.17) is 15.0 Å². The molecule has 0 saturated heterocycles. The average Bonchev–Trinajstić information content (AvgIpc) is 3.39. The number of hydrogen-bond donors (Lipinski definition) is 5. The minimum Gasteiger partial charge on any atom is -0.487 e. The van der Waals surface area contributed by atoms with E-state index in [9.17, 15) is 24.3 Å². The van der Waals surface area contributed by atoms with E-state index in [2.05, 4.69) is 21.1 Å². The summed E-state index contributed by atoms with van der Waals surface area (Å²) in [6.07, 6.45) is 1.93. The summed E-state index contributed by atoms with van der Waals surface area (Å²) in [5, 5.41) is 22.3. The third kappa shape index (κ3) is 9.72. The number of hydrogen-bond acceptors (Lipinski definition) is 9. The van der Waals surface area contributed by atoms with Gasteiger partial charge in [-0.15, -0.1) is 0 Å². The van der Waals surface area contributed by atoms with Crippen LogP contribution in [0.25, 0.3) is 0 Å². The standard InChI is InChI=1S/C35H47N7O7/c1-21-18-42(22(2)20-43)34(46)26-17-25(37-31(44)13-7-6-8-14-32(45)38-28-12-10-9-11-27(28)36)15-16-29(26)48-30(21)19-41(5)35(47)39-33-23(3)40-49-24(33)4/h9-12,15-17,21-22,30,43H,6-8,13-14,18-20,36H2,1-5H3,(H,37,44)(H,38,45)(H,39,47)/t21-,22+,30-/m1/s1. The molecular formula is C35H47N7O7. The Morgan fingerprint density at radius 2 is 1.76 bits per heavy atom. The number of aryl methyl sites for hydroxylation is 2. The van der Waals surface area contributed by atoms with Crippen molar-refractivity contribution in [2.45, 2.75) is 71.9 Å². The zero-order chi connectivity index (χ0) is 35.7. The molecule has 0 unspecified atom stereocenters. The van der Waals surface area contributed by atoms with E-state index in [1.807, 2.05) is 6.92 Å². The molecule has 2 aromatic carbocycles. The number of unbranched alkanes of at least 4 members (excludes halogenated alkanes) is 2. The number of ether oxygens (including phenoxy) is 1. The van der Waals surface area contributed by atoms with Gasteiger partial charge in [-0.25, -0.2) is 4.79 Å². The van der Waals surface area contributed by atoms with Crippen LogP contribution in [0.3, 0.4) is 0 Å². The molecule has 2 heterocycles. The van der Waals surface area contributed by atoms with Crippen LogP contribution in [0.4, 0.5) is 27.5 Å². The maximum absolute atomic E-state index is 13.8. The average molecular weight is 678 g/mol. The number of rotatable bonds is 13. The topological polar surface area (TPSA) is 192 Å². The quantitative estimate of drug-likeness (QED) is 0.125. The lowest BCUT2D eigenvalue weighted by molar-refractivity contribution is -0.116. The van der Waals surface area contributed by atoms with Crippen molar-refractivity contribution in [1.82, 2.24) is 15.0 Å². The van der Waals surface area contributed by atoms with Crippen LogP contribution in [0.2, 0.25) is 0 Å². The third-order valence-electron chi connectivity index (χ3n) is 8.56. The fraction of sp³-hybridized carbons (Fsp3) is 0.457. The number of aliphatic hydroxyl groups excluding tert-OH is 1. The minimum absolute atomic E-state index is 0.136. The highest BCUT2D eigenvalue weighted by atomic mass is 16.5. The summed E-state index contributed by atoms with van der Waals surface area (Å²) in [6.45, 7) is 7.38. The Kier molecular flexibility index (Phi) is 12.6. The van der Waals surface area contributed by atoms with Gasteiger partial charge in [-0.1, -0.05) is 30.6 Å². The summed E-state index contributed by atoms with van der Waals surface area (Å²) in [6, 6.07) is 11.1. The Balaban J connectivity index is 1.37. The maximum Gasteiger partial charge on any atom is 0.321 e. The van der Waals surface area contributed by atoms with Crippen molar-refractivity contribution in [2.24, 2.45) is 5.92 Å². The Hall–Kier alpha value is -5.11. The van der Waals surface area contributed by atoms with E-state index in [1.165, 1.54) is 4.90 Å². The number of aliphatic hydroxyl groups is 1. The molecule has 14 heteroatoms. The van der Waals surface area contributed by atoms with Crippen LogP contribution in [0.5, 0.6) is 5.75 Å². The summed E-state index contributed by atoms with van der Waals surface area (Å²) in [4.78, 5) is 55.0. The van der Waals surface area contributed by atoms with Gasteiger partial charge in [-0.3, -0.25) is 14.4 Å². The van der Waals surface area contributed by atoms with Gasteiger partial charge in [0.05, 0.1) is 36.1 Å². The normalized spacial score (nSPS) is 16.4. The highest BCUT2D eigenvalue weighted by Crippen LogP contribution is 2.31. The first-order valence-corrected chi connectivity index (χ1v) is 16.5. The first kappa shape index (κ1) is 36.7. The Bertz CT molecular complexity index is 1620. The molecule has 0 fully saturated rings. The van der Waals surface area contributed by atoms with Gasteiger partial charge < -0.3 is 45.9 Å². The second-order valence-corrected chi connectivity index (χ2v) is 12.6. The number of carbonyl (C=O) groups excluding carboxylic acids is 4. The van der Waals surface area contributed by atoms with Crippen LogP contribution in [-0.2, 0) is 9.59 Å². The van der Waals surface area contributed by atoms with E-state index >= 15 is 0 Å². The third-order valence-corrected chi connectivity index (χ3v) is 8.56. The molecule has 3 aromatic rings. The molecule has 6 N–H and O–H groups in total. The number of nitrogens with zero attached hydrogens (tertiary/aromatic N) is 3. The van der Waals surface area contributed by atoms with Gasteiger partial charge in [-0.2, -0.15) is 0 Å². The summed E-state index contributed by atoms with van der Waals surface area (Å²) >= 11 is 0. The second-order valence-electron chi connectivity index (χ2n) is 12.6. The molecule has 1 aliphatic rings. The Morgan fingerprint density at radius 3 is 2.41 bits per heavy atom. The number of anilines is 4. The molecular weight excluding hydrogens is 630 g/mol. The number of para-hydroxylation sites is 2. The van der Waals surface area contributed by atoms with Crippen molar-refractivity contribution >= 4 is 46.5 Å². The van der Waals surface area contributed by atoms with Crippen LogP contribution in [-0.4, -0.2) is 82.7 Å². The lowest BCUT2D eigenvalue weighted by atomic mass is 9.99. The number of nitrogens with one attached hydrogen (secondary N) is 3. The number of nitrogens with two attached hydrogens (primary N) is 1. The van der Waals surface area contributed by atoms with Crippen LogP contribution in [0.15, 0.2) is 47.0 Å². The molecule has 1 aliphatic heterocycles. The van der Waals surface area contributed by atoms with Crippen molar-refractivity contribution in [3.63, 3.8) is 0 Å². The lowest BCUT2D eigenvalue weighted by Crippen LogP contribution is -2.50. The molecule has 1 aromatic heterocycles. The van der Waals surface area contributed by atoms with Crippen molar-refractivity contribution in [2.75, 3.05) is 48.4 Å². The molecule has 4 rings (SSSR count). The van der Waals surface area contributed by atoms with Crippen LogP contribution >= 0.6 is 0 Å². The van der Waals surface area contributed by atoms with Crippen LogP contribution < -0.4 is 26.4 Å². The van der Waals surface area contributed by atoms with Crippen molar-refractivity contribution < 1.29 is 33.5 Å². The number of fused-ring (bicyclic) bond motifs is 1. The number of nitrogen functional groups attached to an aromatic ring is 1. The second kappa shape index (κ2) is 16.8. The van der Waals surface area contributed by atoms with Crippen LogP contribution in [0, 0.1) is 19.8 Å². The fourth-order valence-corrected chi connectivity index (χ4v) is 5.53. The predicted molar refractivity (Wildman–Crippen MR) is 186 cm³/mol. The van der Waals surface area contributed by atoms with Gasteiger partial charge >= 0.3 is 6.03 Å². The molecule has 0 radical (unpaired) electrons. The van der Waals surface area contributed by atoms with E-state index in [1.54, 1.807) is 75.2 Å². The Labute approximate surface area is 286 Å². The number of likely N-dealkylation sites (N-methyl/N-ethyl adjacent to an activating group) is 1. The first-order valence-electron chi connectivity index (χ1n) is 16.5. The molecule has 3 atom stereocenters.